The lowest BCUT2D eigenvalue weighted by atomic mass is 10.2. The number of thiophene rings is 1. The number of fused-ring (bicyclic) bond motifs is 1. The summed E-state index contributed by atoms with van der Waals surface area (Å²) >= 11 is 1.79. The molecule has 1 aliphatic heterocycles. The first-order valence-corrected chi connectivity index (χ1v) is 9.87. The molecular formula is C20H26N4OS. The van der Waals surface area contributed by atoms with Crippen LogP contribution in [-0.2, 0) is 17.8 Å². The number of amides is 1. The summed E-state index contributed by atoms with van der Waals surface area (Å²) in [4.78, 5) is 21.2. The maximum absolute atomic E-state index is 12.5. The number of hydrogen-bond donors (Lipinski definition) is 2. The van der Waals surface area contributed by atoms with Crippen molar-refractivity contribution in [2.45, 2.75) is 32.7 Å². The fraction of sp³-hybridized carbons (Fsp3) is 0.400. The molecule has 5 nitrogen and oxygen atoms in total. The summed E-state index contributed by atoms with van der Waals surface area (Å²) in [6.45, 7) is 4.40. The number of guanidine groups is 1. The number of benzene rings is 1. The van der Waals surface area contributed by atoms with E-state index in [0.29, 0.717) is 6.42 Å². The molecule has 0 spiro atoms. The van der Waals surface area contributed by atoms with Crippen molar-refractivity contribution in [3.8, 4) is 0 Å². The summed E-state index contributed by atoms with van der Waals surface area (Å²) in [5, 5.41) is 6.59. The van der Waals surface area contributed by atoms with E-state index in [1.165, 1.54) is 15.3 Å². The lowest BCUT2D eigenvalue weighted by Gasteiger charge is -2.17. The molecule has 0 aliphatic carbocycles. The quantitative estimate of drug-likeness (QED) is 0.467. The maximum atomic E-state index is 12.5. The van der Waals surface area contributed by atoms with Crippen molar-refractivity contribution in [2.24, 2.45) is 4.99 Å². The smallest absolute Gasteiger partial charge is 0.227 e. The molecule has 0 saturated heterocycles. The van der Waals surface area contributed by atoms with Gasteiger partial charge in [0.1, 0.15) is 0 Å². The van der Waals surface area contributed by atoms with Gasteiger partial charge in [-0.2, -0.15) is 0 Å². The van der Waals surface area contributed by atoms with Crippen molar-refractivity contribution in [1.82, 2.24) is 10.6 Å². The van der Waals surface area contributed by atoms with Crippen LogP contribution >= 0.6 is 11.3 Å². The molecule has 0 fully saturated rings. The third-order valence-electron chi connectivity index (χ3n) is 4.50. The van der Waals surface area contributed by atoms with Crippen LogP contribution in [0.1, 0.15) is 28.2 Å². The summed E-state index contributed by atoms with van der Waals surface area (Å²) in [5.41, 5.74) is 2.35. The first kappa shape index (κ1) is 18.5. The number of hydrogen-bond acceptors (Lipinski definition) is 3. The number of para-hydroxylation sites is 1. The van der Waals surface area contributed by atoms with Crippen LogP contribution < -0.4 is 15.5 Å². The maximum Gasteiger partial charge on any atom is 0.227 e. The van der Waals surface area contributed by atoms with Crippen LogP contribution in [0, 0.1) is 6.92 Å². The number of aryl methyl sites for hydroxylation is 1. The number of nitrogens with zero attached hydrogens (tertiary/aromatic N) is 2. The Morgan fingerprint density at radius 2 is 2.08 bits per heavy atom. The number of aliphatic imine (C=N–C) groups is 1. The molecule has 1 aromatic heterocycles. The number of rotatable bonds is 6. The van der Waals surface area contributed by atoms with E-state index >= 15 is 0 Å². The van der Waals surface area contributed by atoms with Gasteiger partial charge in [0.25, 0.3) is 0 Å². The van der Waals surface area contributed by atoms with E-state index < -0.39 is 0 Å². The molecule has 0 unspecified atom stereocenters. The average molecular weight is 371 g/mol. The third-order valence-corrected chi connectivity index (χ3v) is 5.50. The van der Waals surface area contributed by atoms with Gasteiger partial charge in [-0.05, 0) is 43.5 Å². The fourth-order valence-corrected chi connectivity index (χ4v) is 3.98. The van der Waals surface area contributed by atoms with Crippen molar-refractivity contribution in [2.75, 3.05) is 25.0 Å². The highest BCUT2D eigenvalue weighted by Gasteiger charge is 2.23. The summed E-state index contributed by atoms with van der Waals surface area (Å²) in [6.07, 6.45) is 2.29. The van der Waals surface area contributed by atoms with Gasteiger partial charge in [-0.25, -0.2) is 0 Å². The topological polar surface area (TPSA) is 56.7 Å². The van der Waals surface area contributed by atoms with E-state index in [2.05, 4.69) is 40.7 Å². The predicted octanol–water partition coefficient (Wildman–Crippen LogP) is 3.09. The van der Waals surface area contributed by atoms with Crippen LogP contribution in [0.3, 0.4) is 0 Å². The zero-order valence-corrected chi connectivity index (χ0v) is 16.2. The molecule has 2 aromatic rings. The molecule has 1 aromatic carbocycles. The second-order valence-corrected chi connectivity index (χ2v) is 7.76. The Bertz CT molecular complexity index is 784. The van der Waals surface area contributed by atoms with Crippen LogP contribution in [0.25, 0.3) is 0 Å². The minimum absolute atomic E-state index is 0.203. The molecule has 3 rings (SSSR count). The van der Waals surface area contributed by atoms with Crippen LogP contribution in [0.2, 0.25) is 0 Å². The zero-order valence-electron chi connectivity index (χ0n) is 15.4. The molecule has 0 radical (unpaired) electrons. The van der Waals surface area contributed by atoms with E-state index in [4.69, 9.17) is 0 Å². The molecule has 1 amide bonds. The number of nitrogens with one attached hydrogen (secondary N) is 2. The highest BCUT2D eigenvalue weighted by Crippen LogP contribution is 2.27. The molecule has 0 saturated carbocycles. The first-order chi connectivity index (χ1) is 12.7. The summed E-state index contributed by atoms with van der Waals surface area (Å²) in [7, 11) is 1.77. The Morgan fingerprint density at radius 1 is 1.23 bits per heavy atom. The van der Waals surface area contributed by atoms with Gasteiger partial charge in [-0.3, -0.25) is 9.79 Å². The van der Waals surface area contributed by atoms with Gasteiger partial charge in [0, 0.05) is 42.0 Å². The standard InChI is InChI=1S/C20H26N4OS/c1-15-9-10-17(26-15)14-23-20(21-2)22-12-5-8-19(25)24-13-11-16-6-3-4-7-18(16)24/h3-4,6-7,9-10H,5,8,11-14H2,1-2H3,(H2,21,22,23). The number of carbonyl (C=O) groups excluding carboxylic acids is 1. The zero-order chi connectivity index (χ0) is 18.4. The lowest BCUT2D eigenvalue weighted by Crippen LogP contribution is -2.37. The summed E-state index contributed by atoms with van der Waals surface area (Å²) in [6, 6.07) is 12.4. The molecule has 26 heavy (non-hydrogen) atoms. The highest BCUT2D eigenvalue weighted by atomic mass is 32.1. The Hall–Kier alpha value is -2.34. The molecular weight excluding hydrogens is 344 g/mol. The predicted molar refractivity (Wildman–Crippen MR) is 109 cm³/mol. The van der Waals surface area contributed by atoms with E-state index in [1.54, 1.807) is 18.4 Å². The second kappa shape index (κ2) is 8.85. The van der Waals surface area contributed by atoms with Crippen molar-refractivity contribution in [1.29, 1.82) is 0 Å². The van der Waals surface area contributed by atoms with Gasteiger partial charge in [0.2, 0.25) is 5.91 Å². The van der Waals surface area contributed by atoms with E-state index in [-0.39, 0.29) is 5.91 Å². The normalized spacial score (nSPS) is 13.6. The molecule has 6 heteroatoms. The number of carbonyl (C=O) groups is 1. The molecule has 0 atom stereocenters. The van der Waals surface area contributed by atoms with Crippen molar-refractivity contribution >= 4 is 28.9 Å². The fourth-order valence-electron chi connectivity index (χ4n) is 3.15. The van der Waals surface area contributed by atoms with E-state index in [9.17, 15) is 4.79 Å². The van der Waals surface area contributed by atoms with Gasteiger partial charge in [0.05, 0.1) is 6.54 Å². The van der Waals surface area contributed by atoms with Crippen LogP contribution in [0.5, 0.6) is 0 Å². The van der Waals surface area contributed by atoms with Crippen molar-refractivity contribution in [3.05, 3.63) is 51.7 Å². The monoisotopic (exact) mass is 370 g/mol. The van der Waals surface area contributed by atoms with Gasteiger partial charge in [0.15, 0.2) is 5.96 Å². The largest absolute Gasteiger partial charge is 0.356 e. The highest BCUT2D eigenvalue weighted by molar-refractivity contribution is 7.11. The molecule has 1 aliphatic rings. The molecule has 0 bridgehead atoms. The Balaban J connectivity index is 1.38. The molecule has 2 heterocycles. The van der Waals surface area contributed by atoms with Gasteiger partial charge >= 0.3 is 0 Å². The lowest BCUT2D eigenvalue weighted by molar-refractivity contribution is -0.118. The van der Waals surface area contributed by atoms with Crippen molar-refractivity contribution < 1.29 is 4.79 Å². The van der Waals surface area contributed by atoms with E-state index in [0.717, 1.165) is 44.1 Å². The minimum atomic E-state index is 0.203. The molecule has 2 N–H and O–H groups in total. The Labute approximate surface area is 159 Å². The van der Waals surface area contributed by atoms with Crippen molar-refractivity contribution in [3.63, 3.8) is 0 Å². The van der Waals surface area contributed by atoms with Gasteiger partial charge < -0.3 is 15.5 Å². The van der Waals surface area contributed by atoms with Gasteiger partial charge in [-0.1, -0.05) is 18.2 Å². The third kappa shape index (κ3) is 4.64. The second-order valence-electron chi connectivity index (χ2n) is 6.39. The Morgan fingerprint density at radius 3 is 2.85 bits per heavy atom. The first-order valence-electron chi connectivity index (χ1n) is 9.05. The van der Waals surface area contributed by atoms with Gasteiger partial charge in [-0.15, -0.1) is 11.3 Å². The van der Waals surface area contributed by atoms with Crippen LogP contribution in [0.4, 0.5) is 5.69 Å². The summed E-state index contributed by atoms with van der Waals surface area (Å²) in [5.74, 6) is 0.976. The summed E-state index contributed by atoms with van der Waals surface area (Å²) < 4.78 is 0. The Kier molecular flexibility index (Phi) is 6.28. The van der Waals surface area contributed by atoms with E-state index in [1.807, 2.05) is 23.1 Å². The average Bonchev–Trinajstić information content (AvgIpc) is 3.27. The van der Waals surface area contributed by atoms with Crippen LogP contribution in [-0.4, -0.2) is 32.0 Å². The molecule has 138 valence electrons. The SMILES string of the molecule is CN=C(NCCCC(=O)N1CCc2ccccc21)NCc1ccc(C)s1. The van der Waals surface area contributed by atoms with Crippen LogP contribution in [0.15, 0.2) is 41.4 Å². The number of anilines is 1. The minimum Gasteiger partial charge on any atom is -0.356 e.